The van der Waals surface area contributed by atoms with Gasteiger partial charge in [0.05, 0.1) is 0 Å². The van der Waals surface area contributed by atoms with E-state index in [9.17, 15) is 4.79 Å². The average Bonchev–Trinajstić information content (AvgIpc) is 2.99. The van der Waals surface area contributed by atoms with Gasteiger partial charge in [0, 0.05) is 25.6 Å². The molecule has 1 atom stereocenters. The van der Waals surface area contributed by atoms with Crippen LogP contribution in [0.15, 0.2) is 0 Å². The molecule has 2 rings (SSSR count). The van der Waals surface area contributed by atoms with E-state index in [1.54, 1.807) is 0 Å². The van der Waals surface area contributed by atoms with Gasteiger partial charge in [-0.25, -0.2) is 0 Å². The topological polar surface area (TPSA) is 47.6 Å². The molecule has 1 amide bonds. The predicted octanol–water partition coefficient (Wildman–Crippen LogP) is 0.518. The van der Waals surface area contributed by atoms with Crippen LogP contribution in [0, 0.1) is 5.92 Å². The van der Waals surface area contributed by atoms with Gasteiger partial charge in [-0.15, -0.1) is 0 Å². The zero-order valence-electron chi connectivity index (χ0n) is 13.7. The van der Waals surface area contributed by atoms with Crippen LogP contribution < -0.4 is 10.6 Å². The van der Waals surface area contributed by atoms with Gasteiger partial charge < -0.3 is 20.4 Å². The first-order chi connectivity index (χ1) is 10.1. The number of amides is 1. The second-order valence-corrected chi connectivity index (χ2v) is 6.78. The lowest BCUT2D eigenvalue weighted by Gasteiger charge is -2.35. The van der Waals surface area contributed by atoms with E-state index in [4.69, 9.17) is 0 Å². The summed E-state index contributed by atoms with van der Waals surface area (Å²) in [5.41, 5.74) is 0. The maximum atomic E-state index is 11.8. The third kappa shape index (κ3) is 5.93. The number of rotatable bonds is 7. The number of piperidine rings is 1. The first-order valence-electron chi connectivity index (χ1n) is 8.51. The standard InChI is InChI=1S/C16H32N4O/c1-19(2)15-6-10-20(11-7-15)12-9-18-16(21)4-3-14-5-8-17-13-14/h14-15,17H,3-13H2,1-2H3,(H,18,21). The molecule has 122 valence electrons. The van der Waals surface area contributed by atoms with Gasteiger partial charge in [0.15, 0.2) is 0 Å². The van der Waals surface area contributed by atoms with Crippen LogP contribution >= 0.6 is 0 Å². The molecule has 2 heterocycles. The van der Waals surface area contributed by atoms with E-state index in [1.807, 2.05) is 0 Å². The average molecular weight is 296 g/mol. The Morgan fingerprint density at radius 3 is 2.67 bits per heavy atom. The molecule has 0 spiro atoms. The van der Waals surface area contributed by atoms with E-state index >= 15 is 0 Å². The molecule has 2 N–H and O–H groups in total. The summed E-state index contributed by atoms with van der Waals surface area (Å²) in [7, 11) is 4.33. The number of carbonyl (C=O) groups excluding carboxylic acids is 1. The lowest BCUT2D eigenvalue weighted by Crippen LogP contribution is -2.44. The van der Waals surface area contributed by atoms with Crippen molar-refractivity contribution in [2.45, 2.75) is 38.1 Å². The second-order valence-electron chi connectivity index (χ2n) is 6.78. The Bertz CT molecular complexity index is 307. The van der Waals surface area contributed by atoms with Crippen LogP contribution in [0.4, 0.5) is 0 Å². The molecular formula is C16H32N4O. The number of likely N-dealkylation sites (tertiary alicyclic amines) is 1. The zero-order chi connectivity index (χ0) is 15.1. The Kier molecular flexibility index (Phi) is 6.93. The number of hydrogen-bond donors (Lipinski definition) is 2. The van der Waals surface area contributed by atoms with Gasteiger partial charge in [-0.1, -0.05) is 0 Å². The van der Waals surface area contributed by atoms with Crippen molar-refractivity contribution in [1.29, 1.82) is 0 Å². The minimum atomic E-state index is 0.227. The number of carbonyl (C=O) groups is 1. The van der Waals surface area contributed by atoms with Crippen LogP contribution in [-0.2, 0) is 4.79 Å². The van der Waals surface area contributed by atoms with Crippen LogP contribution in [0.2, 0.25) is 0 Å². The van der Waals surface area contributed by atoms with Crippen molar-refractivity contribution in [3.05, 3.63) is 0 Å². The summed E-state index contributed by atoms with van der Waals surface area (Å²) in [4.78, 5) is 16.6. The van der Waals surface area contributed by atoms with Gasteiger partial charge in [0.1, 0.15) is 0 Å². The Labute approximate surface area is 129 Å². The molecule has 0 bridgehead atoms. The molecule has 0 saturated carbocycles. The van der Waals surface area contributed by atoms with Crippen LogP contribution in [0.3, 0.4) is 0 Å². The van der Waals surface area contributed by atoms with Crippen molar-refractivity contribution in [1.82, 2.24) is 20.4 Å². The number of nitrogens with one attached hydrogen (secondary N) is 2. The van der Waals surface area contributed by atoms with Gasteiger partial charge in [0.25, 0.3) is 0 Å². The lowest BCUT2D eigenvalue weighted by molar-refractivity contribution is -0.121. The van der Waals surface area contributed by atoms with E-state index in [1.165, 1.54) is 19.3 Å². The third-order valence-electron chi connectivity index (χ3n) is 4.98. The van der Waals surface area contributed by atoms with Gasteiger partial charge in [-0.05, 0) is 71.9 Å². The molecule has 0 aromatic heterocycles. The maximum absolute atomic E-state index is 11.8. The Morgan fingerprint density at radius 2 is 2.05 bits per heavy atom. The molecule has 0 aliphatic carbocycles. The van der Waals surface area contributed by atoms with Gasteiger partial charge in [-0.2, -0.15) is 0 Å². The highest BCUT2D eigenvalue weighted by Gasteiger charge is 2.20. The highest BCUT2D eigenvalue weighted by Crippen LogP contribution is 2.14. The summed E-state index contributed by atoms with van der Waals surface area (Å²) in [5.74, 6) is 0.936. The van der Waals surface area contributed by atoms with E-state index in [0.29, 0.717) is 12.3 Å². The SMILES string of the molecule is CN(C)C1CCN(CCNC(=O)CCC2CCNC2)CC1. The molecule has 5 nitrogen and oxygen atoms in total. The Morgan fingerprint density at radius 1 is 1.29 bits per heavy atom. The largest absolute Gasteiger partial charge is 0.355 e. The van der Waals surface area contributed by atoms with E-state index < -0.39 is 0 Å². The molecular weight excluding hydrogens is 264 g/mol. The van der Waals surface area contributed by atoms with Crippen molar-refractivity contribution in [2.75, 3.05) is 53.4 Å². The zero-order valence-corrected chi connectivity index (χ0v) is 13.7. The van der Waals surface area contributed by atoms with Crippen LogP contribution in [0.1, 0.15) is 32.1 Å². The highest BCUT2D eigenvalue weighted by atomic mass is 16.1. The fraction of sp³-hybridized carbons (Fsp3) is 0.938. The lowest BCUT2D eigenvalue weighted by atomic mass is 10.0. The minimum Gasteiger partial charge on any atom is -0.355 e. The fourth-order valence-electron chi connectivity index (χ4n) is 3.40. The quantitative estimate of drug-likeness (QED) is 0.719. The Hall–Kier alpha value is -0.650. The van der Waals surface area contributed by atoms with Gasteiger partial charge in [0.2, 0.25) is 5.91 Å². The van der Waals surface area contributed by atoms with Crippen molar-refractivity contribution in [3.63, 3.8) is 0 Å². The first kappa shape index (κ1) is 16.7. The van der Waals surface area contributed by atoms with Crippen LogP contribution in [0.25, 0.3) is 0 Å². The van der Waals surface area contributed by atoms with Crippen molar-refractivity contribution >= 4 is 5.91 Å². The molecule has 0 aromatic rings. The number of nitrogens with zero attached hydrogens (tertiary/aromatic N) is 2. The summed E-state index contributed by atoms with van der Waals surface area (Å²) in [6, 6.07) is 0.732. The molecule has 2 aliphatic heterocycles. The summed E-state index contributed by atoms with van der Waals surface area (Å²) >= 11 is 0. The molecule has 2 fully saturated rings. The molecule has 0 radical (unpaired) electrons. The molecule has 0 aromatic carbocycles. The van der Waals surface area contributed by atoms with E-state index in [-0.39, 0.29) is 5.91 Å². The number of hydrogen-bond acceptors (Lipinski definition) is 4. The molecule has 2 aliphatic rings. The van der Waals surface area contributed by atoms with Crippen molar-refractivity contribution in [3.8, 4) is 0 Å². The van der Waals surface area contributed by atoms with Crippen molar-refractivity contribution < 1.29 is 4.79 Å². The van der Waals surface area contributed by atoms with Gasteiger partial charge >= 0.3 is 0 Å². The van der Waals surface area contributed by atoms with E-state index in [0.717, 1.165) is 51.7 Å². The maximum Gasteiger partial charge on any atom is 0.220 e. The first-order valence-corrected chi connectivity index (χ1v) is 8.51. The van der Waals surface area contributed by atoms with E-state index in [2.05, 4.69) is 34.5 Å². The molecule has 2 saturated heterocycles. The monoisotopic (exact) mass is 296 g/mol. The molecule has 21 heavy (non-hydrogen) atoms. The molecule has 5 heteroatoms. The second kappa shape index (κ2) is 8.71. The van der Waals surface area contributed by atoms with Crippen LogP contribution in [-0.4, -0.2) is 75.1 Å². The summed E-state index contributed by atoms with van der Waals surface area (Å²) in [6.07, 6.45) is 5.45. The normalized spacial score (nSPS) is 24.6. The minimum absolute atomic E-state index is 0.227. The summed E-state index contributed by atoms with van der Waals surface area (Å²) < 4.78 is 0. The summed E-state index contributed by atoms with van der Waals surface area (Å²) in [5, 5.41) is 6.43. The van der Waals surface area contributed by atoms with Gasteiger partial charge in [-0.3, -0.25) is 4.79 Å². The predicted molar refractivity (Wildman–Crippen MR) is 86.4 cm³/mol. The van der Waals surface area contributed by atoms with Crippen molar-refractivity contribution in [2.24, 2.45) is 5.92 Å². The smallest absolute Gasteiger partial charge is 0.220 e. The van der Waals surface area contributed by atoms with Crippen LogP contribution in [0.5, 0.6) is 0 Å². The summed E-state index contributed by atoms with van der Waals surface area (Å²) in [6.45, 7) is 6.33. The fourth-order valence-corrected chi connectivity index (χ4v) is 3.40. The third-order valence-corrected chi connectivity index (χ3v) is 4.98. The highest BCUT2D eigenvalue weighted by molar-refractivity contribution is 5.75. The molecule has 1 unspecified atom stereocenters. The Balaban J connectivity index is 1.50.